The van der Waals surface area contributed by atoms with Gasteiger partial charge in [-0.25, -0.2) is 4.39 Å². The first-order valence-electron chi connectivity index (χ1n) is 4.93. The highest BCUT2D eigenvalue weighted by Gasteiger charge is 2.13. The zero-order valence-corrected chi connectivity index (χ0v) is 9.29. The van der Waals surface area contributed by atoms with E-state index < -0.39 is 17.8 Å². The summed E-state index contributed by atoms with van der Waals surface area (Å²) in [4.78, 5) is 10.7. The molecule has 0 aliphatic carbocycles. The lowest BCUT2D eigenvalue weighted by Gasteiger charge is -2.12. The van der Waals surface area contributed by atoms with Crippen molar-refractivity contribution in [3.8, 4) is 5.75 Å². The lowest BCUT2D eigenvalue weighted by Crippen LogP contribution is -2.30. The van der Waals surface area contributed by atoms with E-state index in [4.69, 9.17) is 10.5 Å². The number of primary amides is 1. The predicted octanol–water partition coefficient (Wildman–Crippen LogP) is 0.798. The Balaban J connectivity index is 2.78. The Morgan fingerprint density at radius 2 is 2.31 bits per heavy atom. The number of halogens is 1. The van der Waals surface area contributed by atoms with E-state index >= 15 is 0 Å². The minimum absolute atomic E-state index is 0.0335. The van der Waals surface area contributed by atoms with Crippen molar-refractivity contribution in [3.63, 3.8) is 0 Å². The molecule has 3 N–H and O–H groups in total. The Hall–Kier alpha value is -1.62. The monoisotopic (exact) mass is 226 g/mol. The molecule has 1 aromatic carbocycles. The molecule has 1 atom stereocenters. The third kappa shape index (κ3) is 3.20. The van der Waals surface area contributed by atoms with E-state index in [1.165, 1.54) is 19.1 Å². The Morgan fingerprint density at radius 3 is 2.81 bits per heavy atom. The highest BCUT2D eigenvalue weighted by atomic mass is 19.1. The average molecular weight is 226 g/mol. The van der Waals surface area contributed by atoms with Crippen molar-refractivity contribution in [1.29, 1.82) is 0 Å². The summed E-state index contributed by atoms with van der Waals surface area (Å²) in [5.74, 6) is -1.09. The van der Waals surface area contributed by atoms with Crippen LogP contribution in [0, 0.1) is 5.82 Å². The lowest BCUT2D eigenvalue weighted by atomic mass is 10.2. The van der Waals surface area contributed by atoms with E-state index in [9.17, 15) is 9.18 Å². The standard InChI is InChI=1S/C11H15FN2O2/c1-7(11(13)15)16-10-4-3-8(6-14-2)5-9(10)12/h3-5,7,14H,6H2,1-2H3,(H2,13,15). The number of amides is 1. The fraction of sp³-hybridized carbons (Fsp3) is 0.364. The van der Waals surface area contributed by atoms with E-state index in [0.29, 0.717) is 6.54 Å². The van der Waals surface area contributed by atoms with Gasteiger partial charge in [0.15, 0.2) is 17.7 Å². The van der Waals surface area contributed by atoms with Crippen LogP contribution in [-0.2, 0) is 11.3 Å². The first kappa shape index (κ1) is 12.4. The molecular formula is C11H15FN2O2. The summed E-state index contributed by atoms with van der Waals surface area (Å²) in [6.07, 6.45) is -0.843. The van der Waals surface area contributed by atoms with Crippen molar-refractivity contribution in [3.05, 3.63) is 29.6 Å². The van der Waals surface area contributed by atoms with Crippen LogP contribution in [0.1, 0.15) is 12.5 Å². The van der Waals surface area contributed by atoms with Gasteiger partial charge >= 0.3 is 0 Å². The second-order valence-corrected chi connectivity index (χ2v) is 3.46. The van der Waals surface area contributed by atoms with Crippen molar-refractivity contribution in [2.75, 3.05) is 7.05 Å². The number of carbonyl (C=O) groups is 1. The summed E-state index contributed by atoms with van der Waals surface area (Å²) in [5, 5.41) is 2.91. The van der Waals surface area contributed by atoms with Crippen LogP contribution in [0.15, 0.2) is 18.2 Å². The van der Waals surface area contributed by atoms with Gasteiger partial charge < -0.3 is 15.8 Å². The number of rotatable bonds is 5. The minimum Gasteiger partial charge on any atom is -0.478 e. The molecular weight excluding hydrogens is 211 g/mol. The third-order valence-electron chi connectivity index (χ3n) is 2.08. The van der Waals surface area contributed by atoms with Gasteiger partial charge in [-0.05, 0) is 31.7 Å². The van der Waals surface area contributed by atoms with Crippen molar-refractivity contribution < 1.29 is 13.9 Å². The van der Waals surface area contributed by atoms with Gasteiger partial charge in [0.05, 0.1) is 0 Å². The number of hydrogen-bond acceptors (Lipinski definition) is 3. The molecule has 4 nitrogen and oxygen atoms in total. The molecule has 0 radical (unpaired) electrons. The molecule has 1 unspecified atom stereocenters. The Morgan fingerprint density at radius 1 is 1.62 bits per heavy atom. The molecule has 5 heteroatoms. The molecule has 0 spiro atoms. The molecule has 16 heavy (non-hydrogen) atoms. The van der Waals surface area contributed by atoms with Crippen molar-refractivity contribution in [2.24, 2.45) is 5.73 Å². The Labute approximate surface area is 93.6 Å². The van der Waals surface area contributed by atoms with E-state index in [2.05, 4.69) is 5.32 Å². The van der Waals surface area contributed by atoms with Crippen LogP contribution in [0.4, 0.5) is 4.39 Å². The second kappa shape index (κ2) is 5.46. The SMILES string of the molecule is CNCc1ccc(OC(C)C(N)=O)c(F)c1. The van der Waals surface area contributed by atoms with Crippen LogP contribution in [0.3, 0.4) is 0 Å². The molecule has 0 aromatic heterocycles. The summed E-state index contributed by atoms with van der Waals surface area (Å²) in [6, 6.07) is 4.57. The van der Waals surface area contributed by atoms with Crippen LogP contribution in [-0.4, -0.2) is 19.1 Å². The first-order chi connectivity index (χ1) is 7.54. The van der Waals surface area contributed by atoms with Gasteiger partial charge in [0.1, 0.15) is 0 Å². The van der Waals surface area contributed by atoms with Gasteiger partial charge in [-0.3, -0.25) is 4.79 Å². The number of carbonyl (C=O) groups excluding carboxylic acids is 1. The van der Waals surface area contributed by atoms with Gasteiger partial charge in [0.2, 0.25) is 0 Å². The largest absolute Gasteiger partial charge is 0.478 e. The fourth-order valence-corrected chi connectivity index (χ4v) is 1.20. The van der Waals surface area contributed by atoms with Gasteiger partial charge in [0.25, 0.3) is 5.91 Å². The molecule has 0 bridgehead atoms. The maximum atomic E-state index is 13.5. The van der Waals surface area contributed by atoms with E-state index in [1.807, 2.05) is 0 Å². The fourth-order valence-electron chi connectivity index (χ4n) is 1.20. The van der Waals surface area contributed by atoms with Crippen LogP contribution < -0.4 is 15.8 Å². The predicted molar refractivity (Wildman–Crippen MR) is 58.4 cm³/mol. The quantitative estimate of drug-likeness (QED) is 0.780. The summed E-state index contributed by atoms with van der Waals surface area (Å²) in [5.41, 5.74) is 5.82. The smallest absolute Gasteiger partial charge is 0.258 e. The van der Waals surface area contributed by atoms with Crippen LogP contribution in [0.25, 0.3) is 0 Å². The van der Waals surface area contributed by atoms with Gasteiger partial charge in [-0.2, -0.15) is 0 Å². The molecule has 0 heterocycles. The molecule has 0 fully saturated rings. The zero-order chi connectivity index (χ0) is 12.1. The van der Waals surface area contributed by atoms with E-state index in [0.717, 1.165) is 5.56 Å². The Kier molecular flexibility index (Phi) is 4.25. The number of nitrogens with one attached hydrogen (secondary N) is 1. The summed E-state index contributed by atoms with van der Waals surface area (Å²) in [7, 11) is 1.78. The van der Waals surface area contributed by atoms with E-state index in [1.54, 1.807) is 13.1 Å². The van der Waals surface area contributed by atoms with Gasteiger partial charge in [0, 0.05) is 6.54 Å². The lowest BCUT2D eigenvalue weighted by molar-refractivity contribution is -0.124. The molecule has 1 aromatic rings. The number of nitrogens with two attached hydrogens (primary N) is 1. The van der Waals surface area contributed by atoms with Crippen molar-refractivity contribution in [2.45, 2.75) is 19.6 Å². The average Bonchev–Trinajstić information content (AvgIpc) is 2.22. The molecule has 1 rings (SSSR count). The zero-order valence-electron chi connectivity index (χ0n) is 9.29. The van der Waals surface area contributed by atoms with Gasteiger partial charge in [-0.15, -0.1) is 0 Å². The summed E-state index contributed by atoms with van der Waals surface area (Å²) >= 11 is 0. The summed E-state index contributed by atoms with van der Waals surface area (Å²) < 4.78 is 18.6. The van der Waals surface area contributed by atoms with Crippen molar-refractivity contribution in [1.82, 2.24) is 5.32 Å². The normalized spacial score (nSPS) is 12.2. The highest BCUT2D eigenvalue weighted by Crippen LogP contribution is 2.19. The van der Waals surface area contributed by atoms with Crippen LogP contribution >= 0.6 is 0 Å². The molecule has 0 aliphatic heterocycles. The number of benzene rings is 1. The topological polar surface area (TPSA) is 64.3 Å². The summed E-state index contributed by atoms with van der Waals surface area (Å²) in [6.45, 7) is 2.05. The highest BCUT2D eigenvalue weighted by molar-refractivity contribution is 5.78. The van der Waals surface area contributed by atoms with E-state index in [-0.39, 0.29) is 5.75 Å². The molecule has 0 saturated heterocycles. The number of ether oxygens (including phenoxy) is 1. The van der Waals surface area contributed by atoms with Crippen LogP contribution in [0.5, 0.6) is 5.75 Å². The number of hydrogen-bond donors (Lipinski definition) is 2. The Bertz CT molecular complexity index is 382. The third-order valence-corrected chi connectivity index (χ3v) is 2.08. The van der Waals surface area contributed by atoms with Crippen LogP contribution in [0.2, 0.25) is 0 Å². The maximum Gasteiger partial charge on any atom is 0.258 e. The molecule has 0 saturated carbocycles. The molecule has 1 amide bonds. The molecule has 0 aliphatic rings. The second-order valence-electron chi connectivity index (χ2n) is 3.46. The maximum absolute atomic E-state index is 13.5. The van der Waals surface area contributed by atoms with Crippen molar-refractivity contribution >= 4 is 5.91 Å². The first-order valence-corrected chi connectivity index (χ1v) is 4.93. The van der Waals surface area contributed by atoms with Gasteiger partial charge in [-0.1, -0.05) is 6.07 Å². The molecule has 88 valence electrons. The minimum atomic E-state index is -0.843.